The number of likely N-dealkylation sites (tertiary alicyclic amines) is 1. The molecule has 0 saturated carbocycles. The molecule has 3 fully saturated rings. The Labute approximate surface area is 184 Å². The molecule has 3 aliphatic heterocycles. The zero-order chi connectivity index (χ0) is 23.0. The first kappa shape index (κ1) is 23.7. The third-order valence-corrected chi connectivity index (χ3v) is 7.17. The van der Waals surface area contributed by atoms with E-state index in [0.717, 1.165) is 12.8 Å². The average molecular weight is 437 g/mol. The number of unbranched alkanes of at least 4 members (excludes halogenated alkanes) is 1. The number of carbonyl (C=O) groups excluding carboxylic acids is 3. The van der Waals surface area contributed by atoms with Crippen molar-refractivity contribution in [2.45, 2.75) is 76.7 Å². The van der Waals surface area contributed by atoms with Crippen LogP contribution in [0.1, 0.15) is 53.4 Å². The molecule has 0 aliphatic carbocycles. The fourth-order valence-corrected chi connectivity index (χ4v) is 5.76. The lowest BCUT2D eigenvalue weighted by atomic mass is 9.66. The van der Waals surface area contributed by atoms with Gasteiger partial charge in [0.1, 0.15) is 17.6 Å². The molecule has 3 aliphatic rings. The Hall–Kier alpha value is -1.93. The first-order chi connectivity index (χ1) is 14.7. The van der Waals surface area contributed by atoms with Crippen molar-refractivity contribution in [3.05, 3.63) is 12.7 Å². The van der Waals surface area contributed by atoms with E-state index in [4.69, 9.17) is 9.47 Å². The number of esters is 1. The molecule has 8 heteroatoms. The van der Waals surface area contributed by atoms with Gasteiger partial charge in [-0.1, -0.05) is 19.4 Å². The summed E-state index contributed by atoms with van der Waals surface area (Å²) in [4.78, 5) is 43.6. The second-order valence-corrected chi connectivity index (χ2v) is 9.18. The lowest BCUT2D eigenvalue weighted by molar-refractivity contribution is -0.161. The molecule has 0 aromatic rings. The third kappa shape index (κ3) is 3.57. The molecule has 3 rings (SSSR count). The molecule has 2 bridgehead atoms. The number of rotatable bonds is 10. The van der Waals surface area contributed by atoms with E-state index in [1.54, 1.807) is 24.8 Å². The maximum Gasteiger partial charge on any atom is 0.312 e. The maximum atomic E-state index is 13.9. The van der Waals surface area contributed by atoms with Gasteiger partial charge in [-0.25, -0.2) is 0 Å². The summed E-state index contributed by atoms with van der Waals surface area (Å²) < 4.78 is 11.8. The zero-order valence-electron chi connectivity index (χ0n) is 19.1. The number of carbonyl (C=O) groups is 3. The van der Waals surface area contributed by atoms with Crippen LogP contribution in [-0.2, 0) is 23.9 Å². The number of hydrogen-bond acceptors (Lipinski definition) is 6. The van der Waals surface area contributed by atoms with E-state index >= 15 is 0 Å². The van der Waals surface area contributed by atoms with Crippen LogP contribution in [0.3, 0.4) is 0 Å². The normalized spacial score (nSPS) is 34.5. The van der Waals surface area contributed by atoms with E-state index < -0.39 is 41.1 Å². The van der Waals surface area contributed by atoms with Crippen LogP contribution in [0.5, 0.6) is 0 Å². The predicted molar refractivity (Wildman–Crippen MR) is 114 cm³/mol. The van der Waals surface area contributed by atoms with Crippen molar-refractivity contribution in [1.82, 2.24) is 9.80 Å². The number of nitrogens with zero attached hydrogens (tertiary/aromatic N) is 2. The van der Waals surface area contributed by atoms with Gasteiger partial charge in [0, 0.05) is 13.1 Å². The first-order valence-electron chi connectivity index (χ1n) is 11.4. The molecule has 2 unspecified atom stereocenters. The van der Waals surface area contributed by atoms with Crippen LogP contribution in [0.25, 0.3) is 0 Å². The minimum Gasteiger partial charge on any atom is -0.466 e. The monoisotopic (exact) mass is 436 g/mol. The lowest BCUT2D eigenvalue weighted by Gasteiger charge is -2.38. The van der Waals surface area contributed by atoms with E-state index in [1.807, 2.05) is 6.92 Å². The van der Waals surface area contributed by atoms with Crippen LogP contribution in [0.15, 0.2) is 12.7 Å². The summed E-state index contributed by atoms with van der Waals surface area (Å²) in [5.41, 5.74) is -1.93. The Bertz CT molecular complexity index is 742. The second kappa shape index (κ2) is 8.90. The standard InChI is InChI=1S/C23H36N2O6/c1-6-9-13-24(12-7-2)20(28)18-23-11-10-22(5,31-23)17(21(29)30-8-3)16(23)19(27)25(18)15(4)14-26/h7,15-18,26H,2,6,8-14H2,1,3-5H3/t15-,16+,17-,18?,22+,23?/m1/s1. The minimum atomic E-state index is -1.09. The molecule has 1 N–H and O–H groups in total. The lowest BCUT2D eigenvalue weighted by Crippen LogP contribution is -2.58. The SMILES string of the molecule is C=CCN(CCCC)C(=O)C1N([C@H](C)CO)C(=O)[C@@H]2[C@H](C(=O)OCC)[C@]3(C)CCC12O3. The largest absolute Gasteiger partial charge is 0.466 e. The van der Waals surface area contributed by atoms with E-state index in [1.165, 1.54) is 4.90 Å². The maximum absolute atomic E-state index is 13.9. The Morgan fingerprint density at radius 3 is 2.71 bits per heavy atom. The van der Waals surface area contributed by atoms with E-state index in [0.29, 0.717) is 25.9 Å². The molecular formula is C23H36N2O6. The topological polar surface area (TPSA) is 96.4 Å². The number of aliphatic hydroxyl groups excluding tert-OH is 1. The minimum absolute atomic E-state index is 0.210. The van der Waals surface area contributed by atoms with E-state index in [9.17, 15) is 19.5 Å². The van der Waals surface area contributed by atoms with Crippen molar-refractivity contribution in [2.24, 2.45) is 11.8 Å². The van der Waals surface area contributed by atoms with Gasteiger partial charge in [-0.2, -0.15) is 0 Å². The van der Waals surface area contributed by atoms with Gasteiger partial charge in [-0.05, 0) is 40.0 Å². The van der Waals surface area contributed by atoms with Crippen molar-refractivity contribution in [1.29, 1.82) is 0 Å². The summed E-state index contributed by atoms with van der Waals surface area (Å²) in [6.45, 7) is 12.0. The molecule has 0 aromatic heterocycles. The zero-order valence-corrected chi connectivity index (χ0v) is 19.1. The van der Waals surface area contributed by atoms with Crippen LogP contribution >= 0.6 is 0 Å². The van der Waals surface area contributed by atoms with Gasteiger partial charge in [0.25, 0.3) is 0 Å². The van der Waals surface area contributed by atoms with E-state index in [2.05, 4.69) is 13.5 Å². The Balaban J connectivity index is 2.07. The summed E-state index contributed by atoms with van der Waals surface area (Å²) in [6, 6.07) is -1.46. The highest BCUT2D eigenvalue weighted by atomic mass is 16.6. The molecule has 0 aromatic carbocycles. The highest BCUT2D eigenvalue weighted by Crippen LogP contribution is 2.63. The Morgan fingerprint density at radius 2 is 2.13 bits per heavy atom. The molecule has 0 radical (unpaired) electrons. The van der Waals surface area contributed by atoms with Crippen LogP contribution in [0.2, 0.25) is 0 Å². The highest BCUT2D eigenvalue weighted by Gasteiger charge is 2.78. The molecule has 174 valence electrons. The van der Waals surface area contributed by atoms with Gasteiger partial charge in [0.05, 0.1) is 30.8 Å². The summed E-state index contributed by atoms with van der Waals surface area (Å²) in [6.07, 6.45) is 4.51. The third-order valence-electron chi connectivity index (χ3n) is 7.17. The quantitative estimate of drug-likeness (QED) is 0.412. The van der Waals surface area contributed by atoms with E-state index in [-0.39, 0.29) is 25.0 Å². The predicted octanol–water partition coefficient (Wildman–Crippen LogP) is 1.51. The molecule has 6 atom stereocenters. The fourth-order valence-electron chi connectivity index (χ4n) is 5.76. The Morgan fingerprint density at radius 1 is 1.42 bits per heavy atom. The van der Waals surface area contributed by atoms with Crippen molar-refractivity contribution >= 4 is 17.8 Å². The van der Waals surface area contributed by atoms with Crippen molar-refractivity contribution in [2.75, 3.05) is 26.3 Å². The average Bonchev–Trinajstić information content (AvgIpc) is 3.31. The number of hydrogen-bond donors (Lipinski definition) is 1. The van der Waals surface area contributed by atoms with Gasteiger partial charge >= 0.3 is 5.97 Å². The van der Waals surface area contributed by atoms with Gasteiger partial charge in [0.15, 0.2) is 0 Å². The first-order valence-corrected chi connectivity index (χ1v) is 11.4. The molecule has 8 nitrogen and oxygen atoms in total. The summed E-state index contributed by atoms with van der Waals surface area (Å²) in [7, 11) is 0. The van der Waals surface area contributed by atoms with Crippen LogP contribution in [0.4, 0.5) is 0 Å². The molecule has 1 spiro atoms. The van der Waals surface area contributed by atoms with Gasteiger partial charge in [-0.3, -0.25) is 14.4 Å². The number of ether oxygens (including phenoxy) is 2. The summed E-state index contributed by atoms with van der Waals surface area (Å²) >= 11 is 0. The number of fused-ring (bicyclic) bond motifs is 1. The van der Waals surface area contributed by atoms with Crippen molar-refractivity contribution in [3.8, 4) is 0 Å². The van der Waals surface area contributed by atoms with Crippen molar-refractivity contribution in [3.63, 3.8) is 0 Å². The Kier molecular flexibility index (Phi) is 6.81. The fraction of sp³-hybridized carbons (Fsp3) is 0.783. The smallest absolute Gasteiger partial charge is 0.312 e. The molecule has 3 heterocycles. The number of aliphatic hydroxyl groups is 1. The molecule has 2 amide bonds. The highest BCUT2D eigenvalue weighted by molar-refractivity contribution is 5.98. The van der Waals surface area contributed by atoms with Crippen LogP contribution in [0, 0.1) is 11.8 Å². The molecule has 31 heavy (non-hydrogen) atoms. The molecule has 3 saturated heterocycles. The summed E-state index contributed by atoms with van der Waals surface area (Å²) in [5, 5.41) is 9.87. The van der Waals surface area contributed by atoms with Gasteiger partial charge in [0.2, 0.25) is 11.8 Å². The second-order valence-electron chi connectivity index (χ2n) is 9.18. The van der Waals surface area contributed by atoms with Gasteiger partial charge < -0.3 is 24.4 Å². The molecular weight excluding hydrogens is 400 g/mol. The number of amides is 2. The van der Waals surface area contributed by atoms with Gasteiger partial charge in [-0.15, -0.1) is 6.58 Å². The van der Waals surface area contributed by atoms with Crippen molar-refractivity contribution < 1.29 is 29.0 Å². The summed E-state index contributed by atoms with van der Waals surface area (Å²) in [5.74, 6) is -2.52. The van der Waals surface area contributed by atoms with Crippen LogP contribution in [-0.4, -0.2) is 82.3 Å². The van der Waals surface area contributed by atoms with Crippen LogP contribution < -0.4 is 0 Å².